The van der Waals surface area contributed by atoms with E-state index in [1.165, 1.54) is 15.9 Å². The lowest BCUT2D eigenvalue weighted by atomic mass is 9.94. The van der Waals surface area contributed by atoms with Crippen LogP contribution in [0.5, 0.6) is 5.75 Å². The zero-order valence-electron chi connectivity index (χ0n) is 24.5. The van der Waals surface area contributed by atoms with Gasteiger partial charge in [0.25, 0.3) is 11.5 Å². The number of halogens is 1. The molecule has 0 saturated heterocycles. The molecule has 0 N–H and O–H groups in total. The number of aromatic nitrogens is 1. The number of rotatable bonds is 8. The molecule has 0 fully saturated rings. The van der Waals surface area contributed by atoms with Crippen molar-refractivity contribution in [3.05, 3.63) is 125 Å². The summed E-state index contributed by atoms with van der Waals surface area (Å²) in [4.78, 5) is 49.2. The van der Waals surface area contributed by atoms with E-state index in [9.17, 15) is 14.4 Å². The number of carbonyl (C=O) groups excluding carboxylic acids is 2. The van der Waals surface area contributed by atoms with Crippen LogP contribution >= 0.6 is 27.3 Å². The largest absolute Gasteiger partial charge is 0.496 e. The number of thiazole rings is 1. The Morgan fingerprint density at radius 3 is 2.48 bits per heavy atom. The first-order chi connectivity index (χ1) is 21.4. The van der Waals surface area contributed by atoms with E-state index in [4.69, 9.17) is 14.5 Å². The Hall–Kier alpha value is -4.28. The first-order valence-corrected chi connectivity index (χ1v) is 16.0. The zero-order valence-corrected chi connectivity index (χ0v) is 26.9. The summed E-state index contributed by atoms with van der Waals surface area (Å²) in [6, 6.07) is 21.9. The predicted octanol–water partition coefficient (Wildman–Crippen LogP) is 5.27. The number of hydrogen-bond donors (Lipinski definition) is 0. The summed E-state index contributed by atoms with van der Waals surface area (Å²) in [5, 5.41) is 0. The first kappa shape index (κ1) is 29.8. The van der Waals surface area contributed by atoms with Crippen molar-refractivity contribution >= 4 is 50.4 Å². The highest BCUT2D eigenvalue weighted by Gasteiger charge is 2.38. The van der Waals surface area contributed by atoms with E-state index >= 15 is 0 Å². The summed E-state index contributed by atoms with van der Waals surface area (Å²) in [7, 11) is 1.57. The summed E-state index contributed by atoms with van der Waals surface area (Å²) in [5.74, 6) is -0.154. The van der Waals surface area contributed by atoms with Crippen LogP contribution in [0, 0.1) is 0 Å². The molecule has 0 unspecified atom stereocenters. The molecule has 3 aromatic carbocycles. The quantitative estimate of drug-likeness (QED) is 0.238. The van der Waals surface area contributed by atoms with Crippen LogP contribution in [-0.2, 0) is 20.9 Å². The number of methoxy groups -OCH3 is 1. The molecule has 2 aliphatic rings. The van der Waals surface area contributed by atoms with Gasteiger partial charge in [-0.05, 0) is 58.6 Å². The maximum atomic E-state index is 14.5. The number of anilines is 1. The van der Waals surface area contributed by atoms with Crippen LogP contribution in [-0.4, -0.2) is 30.2 Å². The summed E-state index contributed by atoms with van der Waals surface area (Å²) in [5.41, 5.74) is 3.95. The second-order valence-electron chi connectivity index (χ2n) is 10.4. The lowest BCUT2D eigenvalue weighted by Crippen LogP contribution is -2.41. The van der Waals surface area contributed by atoms with E-state index in [2.05, 4.69) is 15.9 Å². The lowest BCUT2D eigenvalue weighted by Gasteiger charge is -2.26. The van der Waals surface area contributed by atoms with Crippen molar-refractivity contribution in [1.29, 1.82) is 0 Å². The highest BCUT2D eigenvalue weighted by Crippen LogP contribution is 2.38. The average Bonchev–Trinajstić information content (AvgIpc) is 3.49. The van der Waals surface area contributed by atoms with Crippen LogP contribution in [0.25, 0.3) is 5.57 Å². The van der Waals surface area contributed by atoms with Gasteiger partial charge in [0, 0.05) is 5.56 Å². The molecule has 44 heavy (non-hydrogen) atoms. The Morgan fingerprint density at radius 2 is 1.77 bits per heavy atom. The molecule has 10 heteroatoms. The summed E-state index contributed by atoms with van der Waals surface area (Å²) in [6.45, 7) is 4.31. The Bertz CT molecular complexity index is 2000. The van der Waals surface area contributed by atoms with E-state index in [1.54, 1.807) is 25.0 Å². The second kappa shape index (κ2) is 12.4. The van der Waals surface area contributed by atoms with Gasteiger partial charge in [-0.3, -0.25) is 14.2 Å². The fourth-order valence-corrected chi connectivity index (χ4v) is 7.43. The van der Waals surface area contributed by atoms with E-state index in [0.717, 1.165) is 17.7 Å². The molecule has 1 atom stereocenters. The monoisotopic (exact) mass is 671 g/mol. The Labute approximate surface area is 266 Å². The SMILES string of the molecule is CCCC1=C(C(=O)OCC)[C@@H](c2ccc(OC)c(Br)c2)n2c(s/c(=C3\C(=O)N(Cc4ccccc4)c4ccccc43)c2=O)=N1. The standard InChI is InChI=1S/C34H30BrN3O5S/c1-4-11-24-28(33(41)43-5-2)29(21-16-17-26(42-3)23(35)18-21)38-32(40)30(44-34(38)36-24)27-22-14-9-10-15-25(22)37(31(27)39)19-20-12-7-6-8-13-20/h6-10,12-18,29H,4-5,11,19H2,1-3H3/b30-27-/t29-/m1/s1. The van der Waals surface area contributed by atoms with E-state index in [0.29, 0.717) is 56.0 Å². The van der Waals surface area contributed by atoms with Gasteiger partial charge >= 0.3 is 5.97 Å². The lowest BCUT2D eigenvalue weighted by molar-refractivity contribution is -0.139. The van der Waals surface area contributed by atoms with Crippen molar-refractivity contribution in [3.8, 4) is 5.75 Å². The summed E-state index contributed by atoms with van der Waals surface area (Å²) < 4.78 is 13.4. The minimum Gasteiger partial charge on any atom is -0.496 e. The van der Waals surface area contributed by atoms with Gasteiger partial charge in [-0.15, -0.1) is 0 Å². The van der Waals surface area contributed by atoms with E-state index < -0.39 is 12.0 Å². The van der Waals surface area contributed by atoms with Crippen molar-refractivity contribution in [1.82, 2.24) is 4.57 Å². The minimum atomic E-state index is -0.810. The Balaban J connectivity index is 1.61. The number of benzene rings is 3. The average molecular weight is 673 g/mol. The molecule has 2 aliphatic heterocycles. The molecule has 224 valence electrons. The van der Waals surface area contributed by atoms with Gasteiger partial charge in [0.15, 0.2) is 4.80 Å². The number of nitrogens with zero attached hydrogens (tertiary/aromatic N) is 3. The molecule has 4 aromatic rings. The van der Waals surface area contributed by atoms with Crippen LogP contribution in [0.15, 0.2) is 98.3 Å². The maximum Gasteiger partial charge on any atom is 0.338 e. The third kappa shape index (κ3) is 5.11. The van der Waals surface area contributed by atoms with Gasteiger partial charge in [-0.2, -0.15) is 0 Å². The number of carbonyl (C=O) groups is 2. The number of esters is 1. The van der Waals surface area contributed by atoms with Gasteiger partial charge in [0.05, 0.1) is 53.3 Å². The van der Waals surface area contributed by atoms with Crippen molar-refractivity contribution < 1.29 is 19.1 Å². The molecule has 3 heterocycles. The second-order valence-corrected chi connectivity index (χ2v) is 12.2. The molecule has 1 amide bonds. The van der Waals surface area contributed by atoms with Crippen LogP contribution in [0.1, 0.15) is 49.4 Å². The molecule has 8 nitrogen and oxygen atoms in total. The molecule has 0 spiro atoms. The molecule has 0 aliphatic carbocycles. The van der Waals surface area contributed by atoms with Crippen LogP contribution < -0.4 is 24.5 Å². The van der Waals surface area contributed by atoms with Crippen LogP contribution in [0.3, 0.4) is 0 Å². The Kier molecular flexibility index (Phi) is 8.38. The van der Waals surface area contributed by atoms with Gasteiger partial charge in [-0.1, -0.05) is 79.3 Å². The van der Waals surface area contributed by atoms with E-state index in [1.807, 2.05) is 73.7 Å². The Morgan fingerprint density at radius 1 is 1.02 bits per heavy atom. The third-order valence-electron chi connectivity index (χ3n) is 7.69. The van der Waals surface area contributed by atoms with Gasteiger partial charge in [-0.25, -0.2) is 9.79 Å². The van der Waals surface area contributed by atoms with E-state index in [-0.39, 0.29) is 22.6 Å². The third-order valence-corrected chi connectivity index (χ3v) is 9.37. The number of para-hydroxylation sites is 1. The zero-order chi connectivity index (χ0) is 31.0. The number of hydrogen-bond acceptors (Lipinski definition) is 7. The minimum absolute atomic E-state index is 0.178. The molecule has 1 aromatic heterocycles. The molecule has 0 saturated carbocycles. The number of ether oxygens (including phenoxy) is 2. The topological polar surface area (TPSA) is 90.2 Å². The predicted molar refractivity (Wildman–Crippen MR) is 173 cm³/mol. The maximum absolute atomic E-state index is 14.5. The van der Waals surface area contributed by atoms with Gasteiger partial charge in [0.2, 0.25) is 0 Å². The van der Waals surface area contributed by atoms with Gasteiger partial charge in [0.1, 0.15) is 10.3 Å². The summed E-state index contributed by atoms with van der Waals surface area (Å²) >= 11 is 4.74. The fourth-order valence-electron chi connectivity index (χ4n) is 5.76. The van der Waals surface area contributed by atoms with Gasteiger partial charge < -0.3 is 14.4 Å². The number of allylic oxidation sites excluding steroid dienone is 1. The molecular formula is C34H30BrN3O5S. The van der Waals surface area contributed by atoms with Crippen LogP contribution in [0.2, 0.25) is 0 Å². The molecule has 0 bridgehead atoms. The number of amides is 1. The molecule has 0 radical (unpaired) electrons. The van der Waals surface area contributed by atoms with Crippen molar-refractivity contribution in [2.45, 2.75) is 39.3 Å². The summed E-state index contributed by atoms with van der Waals surface area (Å²) in [6.07, 6.45) is 1.26. The normalized spacial score (nSPS) is 16.9. The highest BCUT2D eigenvalue weighted by atomic mass is 79.9. The number of fused-ring (bicyclic) bond motifs is 2. The van der Waals surface area contributed by atoms with Crippen molar-refractivity contribution in [2.24, 2.45) is 4.99 Å². The molecule has 6 rings (SSSR count). The highest BCUT2D eigenvalue weighted by molar-refractivity contribution is 9.10. The van der Waals surface area contributed by atoms with Crippen molar-refractivity contribution in [3.63, 3.8) is 0 Å². The van der Waals surface area contributed by atoms with Crippen molar-refractivity contribution in [2.75, 3.05) is 18.6 Å². The smallest absolute Gasteiger partial charge is 0.338 e. The first-order valence-electron chi connectivity index (χ1n) is 14.4. The molecular weight excluding hydrogens is 642 g/mol. The van der Waals surface area contributed by atoms with Crippen LogP contribution in [0.4, 0.5) is 5.69 Å². The fraction of sp³-hybridized carbons (Fsp3) is 0.235.